The van der Waals surface area contributed by atoms with Crippen LogP contribution >= 0.6 is 11.6 Å². The van der Waals surface area contributed by atoms with Gasteiger partial charge in [0.1, 0.15) is 0 Å². The predicted octanol–water partition coefficient (Wildman–Crippen LogP) is 3.19. The van der Waals surface area contributed by atoms with E-state index in [9.17, 15) is 12.8 Å². The van der Waals surface area contributed by atoms with E-state index in [4.69, 9.17) is 22.1 Å². The number of sulfonamides is 1. The van der Waals surface area contributed by atoms with Crippen molar-refractivity contribution in [1.29, 1.82) is 0 Å². The Balaban J connectivity index is 1.74. The van der Waals surface area contributed by atoms with Gasteiger partial charge in [0.15, 0.2) is 22.7 Å². The van der Waals surface area contributed by atoms with E-state index in [1.165, 1.54) is 37.7 Å². The molecule has 2 aromatic heterocycles. The Labute approximate surface area is 186 Å². The molecule has 3 heterocycles. The highest BCUT2D eigenvalue weighted by atomic mass is 35.5. The molecule has 0 bridgehead atoms. The molecule has 3 aromatic rings. The summed E-state index contributed by atoms with van der Waals surface area (Å²) in [5.74, 6) is -2.93. The van der Waals surface area contributed by atoms with Gasteiger partial charge in [0.2, 0.25) is 21.9 Å². The molecule has 0 saturated heterocycles. The van der Waals surface area contributed by atoms with Crippen molar-refractivity contribution < 1.29 is 21.9 Å². The number of aliphatic imine (C=N–C) groups is 1. The van der Waals surface area contributed by atoms with Gasteiger partial charge in [-0.25, -0.2) is 37.1 Å². The van der Waals surface area contributed by atoms with E-state index in [0.717, 1.165) is 6.20 Å². The van der Waals surface area contributed by atoms with Crippen LogP contribution < -0.4 is 10.5 Å². The number of benzene rings is 1. The van der Waals surface area contributed by atoms with Crippen LogP contribution in [0.15, 0.2) is 46.8 Å². The molecule has 0 spiro atoms. The minimum Gasteiger partial charge on any atom is -0.483 e. The zero-order valence-electron chi connectivity index (χ0n) is 16.4. The number of nitrogens with zero attached hydrogens (tertiary/aromatic N) is 4. The summed E-state index contributed by atoms with van der Waals surface area (Å²) >= 11 is 5.91. The lowest BCUT2D eigenvalue weighted by atomic mass is 10.0. The van der Waals surface area contributed by atoms with Crippen molar-refractivity contribution in [3.05, 3.63) is 53.5 Å². The van der Waals surface area contributed by atoms with Crippen molar-refractivity contribution in [3.8, 4) is 11.1 Å². The zero-order chi connectivity index (χ0) is 23.0. The number of nitrogens with one attached hydrogen (secondary N) is 1. The molecule has 0 amide bonds. The Hall–Kier alpha value is -3.38. The van der Waals surface area contributed by atoms with Gasteiger partial charge in [-0.05, 0) is 17.7 Å². The third kappa shape index (κ3) is 4.06. The van der Waals surface area contributed by atoms with Crippen LogP contribution in [0.1, 0.15) is 6.42 Å². The van der Waals surface area contributed by atoms with Gasteiger partial charge in [-0.3, -0.25) is 4.72 Å². The lowest BCUT2D eigenvalue weighted by Crippen LogP contribution is -2.37. The fourth-order valence-electron chi connectivity index (χ4n) is 3.17. The molecule has 0 radical (unpaired) electrons. The van der Waals surface area contributed by atoms with Crippen LogP contribution in [-0.2, 0) is 14.8 Å². The first-order valence-electron chi connectivity index (χ1n) is 9.04. The van der Waals surface area contributed by atoms with Crippen molar-refractivity contribution in [1.82, 2.24) is 15.0 Å². The fourth-order valence-corrected chi connectivity index (χ4v) is 4.84. The number of rotatable bonds is 4. The highest BCUT2D eigenvalue weighted by Crippen LogP contribution is 2.32. The van der Waals surface area contributed by atoms with Crippen molar-refractivity contribution >= 4 is 50.2 Å². The van der Waals surface area contributed by atoms with Gasteiger partial charge in [-0.2, -0.15) is 0 Å². The SMILES string of the molecule is COC1=NC=C(Cl)CC1S(=O)(=O)Nc1ncc(F)c(-c2ccc3nc(N)ncc3c2)c1F. The van der Waals surface area contributed by atoms with Gasteiger partial charge < -0.3 is 10.5 Å². The van der Waals surface area contributed by atoms with Gasteiger partial charge >= 0.3 is 0 Å². The first kappa shape index (κ1) is 21.8. The summed E-state index contributed by atoms with van der Waals surface area (Å²) in [5, 5.41) is -0.657. The van der Waals surface area contributed by atoms with Crippen molar-refractivity contribution in [2.75, 3.05) is 17.6 Å². The van der Waals surface area contributed by atoms with Crippen LogP contribution in [0.25, 0.3) is 22.0 Å². The number of aromatic nitrogens is 3. The average Bonchev–Trinajstić information content (AvgIpc) is 2.76. The number of ether oxygens (including phenoxy) is 1. The normalized spacial score (nSPS) is 16.4. The number of nitrogen functional groups attached to an aromatic ring is 1. The smallest absolute Gasteiger partial charge is 0.246 e. The number of methoxy groups -OCH3 is 1. The molecule has 166 valence electrons. The summed E-state index contributed by atoms with van der Waals surface area (Å²) in [6.45, 7) is 0. The lowest BCUT2D eigenvalue weighted by Gasteiger charge is -2.21. The number of fused-ring (bicyclic) bond motifs is 1. The number of halogens is 3. The Morgan fingerprint density at radius 3 is 2.78 bits per heavy atom. The number of hydrogen-bond acceptors (Lipinski definition) is 8. The molecule has 1 atom stereocenters. The zero-order valence-corrected chi connectivity index (χ0v) is 18.0. The molecular formula is C19H15ClF2N6O3S. The maximum atomic E-state index is 15.3. The predicted molar refractivity (Wildman–Crippen MR) is 116 cm³/mol. The summed E-state index contributed by atoms with van der Waals surface area (Å²) in [6, 6.07) is 4.40. The minimum atomic E-state index is -4.29. The molecule has 1 aliphatic rings. The quantitative estimate of drug-likeness (QED) is 0.585. The Bertz CT molecular complexity index is 1400. The van der Waals surface area contributed by atoms with Crippen LogP contribution in [0.4, 0.5) is 20.5 Å². The molecule has 32 heavy (non-hydrogen) atoms. The summed E-state index contributed by atoms with van der Waals surface area (Å²) in [4.78, 5) is 15.3. The molecule has 0 saturated carbocycles. The summed E-state index contributed by atoms with van der Waals surface area (Å²) < 4.78 is 62.6. The molecular weight excluding hydrogens is 466 g/mol. The van der Waals surface area contributed by atoms with E-state index in [2.05, 4.69) is 24.7 Å². The Morgan fingerprint density at radius 1 is 1.25 bits per heavy atom. The van der Waals surface area contributed by atoms with E-state index < -0.39 is 38.3 Å². The molecule has 0 fully saturated rings. The second-order valence-electron chi connectivity index (χ2n) is 6.73. The fraction of sp³-hybridized carbons (Fsp3) is 0.158. The standard InChI is InChI=1S/C19H15ClF2N6O3S/c1-31-18-14(5-11(20)7-25-18)32(29,30)28-17-16(22)15(12(21)8-24-17)9-2-3-13-10(4-9)6-26-19(23)27-13/h2-4,6-8,14H,5H2,1H3,(H,24,28)(H2,23,26,27). The number of hydrogen-bond donors (Lipinski definition) is 2. The van der Waals surface area contributed by atoms with Crippen LogP contribution in [-0.4, -0.2) is 41.6 Å². The van der Waals surface area contributed by atoms with Crippen molar-refractivity contribution in [2.45, 2.75) is 11.7 Å². The Morgan fingerprint density at radius 2 is 2.03 bits per heavy atom. The molecule has 9 nitrogen and oxygen atoms in total. The van der Waals surface area contributed by atoms with E-state index in [1.54, 1.807) is 0 Å². The van der Waals surface area contributed by atoms with Crippen LogP contribution in [0.2, 0.25) is 0 Å². The monoisotopic (exact) mass is 480 g/mol. The third-order valence-electron chi connectivity index (χ3n) is 4.67. The topological polar surface area (TPSA) is 132 Å². The van der Waals surface area contributed by atoms with E-state index >= 15 is 4.39 Å². The van der Waals surface area contributed by atoms with Crippen LogP contribution in [0, 0.1) is 11.6 Å². The second-order valence-corrected chi connectivity index (χ2v) is 9.08. The van der Waals surface area contributed by atoms with E-state index in [-0.39, 0.29) is 28.9 Å². The molecule has 0 aliphatic carbocycles. The maximum Gasteiger partial charge on any atom is 0.246 e. The van der Waals surface area contributed by atoms with Gasteiger partial charge in [0, 0.05) is 29.2 Å². The molecule has 1 aliphatic heterocycles. The lowest BCUT2D eigenvalue weighted by molar-refractivity contribution is 0.388. The molecule has 3 N–H and O–H groups in total. The molecule has 1 unspecified atom stereocenters. The van der Waals surface area contributed by atoms with Gasteiger partial charge in [0.05, 0.1) is 24.4 Å². The summed E-state index contributed by atoms with van der Waals surface area (Å²) in [6.07, 6.45) is 3.26. The first-order chi connectivity index (χ1) is 15.2. The number of anilines is 2. The number of allylic oxidation sites excluding steroid dienone is 1. The van der Waals surface area contributed by atoms with Crippen LogP contribution in [0.3, 0.4) is 0 Å². The highest BCUT2D eigenvalue weighted by molar-refractivity contribution is 7.94. The third-order valence-corrected chi connectivity index (χ3v) is 6.52. The highest BCUT2D eigenvalue weighted by Gasteiger charge is 2.35. The van der Waals surface area contributed by atoms with Gasteiger partial charge in [-0.1, -0.05) is 17.7 Å². The van der Waals surface area contributed by atoms with E-state index in [0.29, 0.717) is 10.9 Å². The molecule has 4 rings (SSSR count). The maximum absolute atomic E-state index is 15.3. The van der Waals surface area contributed by atoms with Crippen molar-refractivity contribution in [2.24, 2.45) is 4.99 Å². The first-order valence-corrected chi connectivity index (χ1v) is 11.0. The van der Waals surface area contributed by atoms with Gasteiger partial charge in [0.25, 0.3) is 0 Å². The average molecular weight is 481 g/mol. The van der Waals surface area contributed by atoms with E-state index in [1.807, 2.05) is 0 Å². The number of pyridine rings is 1. The molecule has 1 aromatic carbocycles. The summed E-state index contributed by atoms with van der Waals surface area (Å²) in [7, 11) is -3.04. The van der Waals surface area contributed by atoms with Gasteiger partial charge in [-0.15, -0.1) is 0 Å². The largest absolute Gasteiger partial charge is 0.483 e. The minimum absolute atomic E-state index is 0.0554. The van der Waals surface area contributed by atoms with Crippen LogP contribution in [0.5, 0.6) is 0 Å². The summed E-state index contributed by atoms with van der Waals surface area (Å²) in [5.41, 5.74) is 5.68. The molecule has 13 heteroatoms. The van der Waals surface area contributed by atoms with Crippen molar-refractivity contribution in [3.63, 3.8) is 0 Å². The Kier molecular flexibility index (Phi) is 5.65. The second kappa shape index (κ2) is 8.28. The number of nitrogens with two attached hydrogens (primary N) is 1.